The second-order valence-electron chi connectivity index (χ2n) is 8.19. The third-order valence-corrected chi connectivity index (χ3v) is 5.37. The third kappa shape index (κ3) is 7.05. The first-order valence-electron chi connectivity index (χ1n) is 11.7. The third-order valence-electron chi connectivity index (χ3n) is 5.37. The first-order chi connectivity index (χ1) is 18.7. The van der Waals surface area contributed by atoms with E-state index in [1.54, 1.807) is 31.2 Å². The topological polar surface area (TPSA) is 158 Å². The molecular weight excluding hydrogens is 504 g/mol. The number of hydrogen-bond acceptors (Lipinski definition) is 8. The standard InChI is InChI=1S/C28H24N4O7/c1-4-6-20-13-19(14-21(17-29)28(33)30-22-9-7-18(3)8-10-22)15-26(38-5-2)27(20)39-25-12-11-23(31(34)35)16-24(25)32(36)37/h4,7-16H,1,5-6H2,2-3H3,(H,30,33)/b21-14+. The molecule has 1 amide bonds. The van der Waals surface area contributed by atoms with Gasteiger partial charge in [0.05, 0.1) is 22.5 Å². The van der Waals surface area contributed by atoms with Crippen LogP contribution in [-0.2, 0) is 11.2 Å². The Morgan fingerprint density at radius 3 is 2.38 bits per heavy atom. The van der Waals surface area contributed by atoms with E-state index in [1.807, 2.05) is 25.1 Å². The molecule has 0 bridgehead atoms. The summed E-state index contributed by atoms with van der Waals surface area (Å²) in [7, 11) is 0. The van der Waals surface area contributed by atoms with Gasteiger partial charge in [-0.25, -0.2) is 0 Å². The average Bonchev–Trinajstić information content (AvgIpc) is 2.90. The van der Waals surface area contributed by atoms with E-state index < -0.39 is 27.1 Å². The summed E-state index contributed by atoms with van der Waals surface area (Å²) in [6, 6.07) is 15.2. The Labute approximate surface area is 223 Å². The molecule has 0 saturated heterocycles. The maximum Gasteiger partial charge on any atom is 0.318 e. The quantitative estimate of drug-likeness (QED) is 0.100. The lowest BCUT2D eigenvalue weighted by Crippen LogP contribution is -2.13. The van der Waals surface area contributed by atoms with Gasteiger partial charge in [-0.05, 0) is 62.2 Å². The Kier molecular flexibility index (Phi) is 9.10. The number of rotatable bonds is 11. The SMILES string of the molecule is C=CCc1cc(/C=C(\C#N)C(=O)Nc2ccc(C)cc2)cc(OCC)c1Oc1ccc([N+](=O)[O-])cc1[N+](=O)[O-]. The molecule has 11 nitrogen and oxygen atoms in total. The molecule has 0 aliphatic rings. The van der Waals surface area contributed by atoms with Crippen LogP contribution in [0, 0.1) is 38.5 Å². The number of carbonyl (C=O) groups excluding carboxylic acids is 1. The first-order valence-corrected chi connectivity index (χ1v) is 11.7. The van der Waals surface area contributed by atoms with Gasteiger partial charge >= 0.3 is 5.69 Å². The van der Waals surface area contributed by atoms with Gasteiger partial charge in [-0.2, -0.15) is 5.26 Å². The predicted molar refractivity (Wildman–Crippen MR) is 145 cm³/mol. The molecule has 3 aromatic carbocycles. The number of amides is 1. The lowest BCUT2D eigenvalue weighted by atomic mass is 10.0. The van der Waals surface area contributed by atoms with Crippen LogP contribution < -0.4 is 14.8 Å². The molecule has 0 heterocycles. The van der Waals surface area contributed by atoms with Crippen LogP contribution in [0.1, 0.15) is 23.6 Å². The molecule has 0 radical (unpaired) electrons. The number of nitrogens with zero attached hydrogens (tertiary/aromatic N) is 3. The van der Waals surface area contributed by atoms with Gasteiger partial charge < -0.3 is 14.8 Å². The van der Waals surface area contributed by atoms with Crippen LogP contribution in [0.15, 0.2) is 72.8 Å². The molecule has 39 heavy (non-hydrogen) atoms. The highest BCUT2D eigenvalue weighted by atomic mass is 16.6. The minimum atomic E-state index is -0.779. The Balaban J connectivity index is 2.05. The molecule has 0 atom stereocenters. The van der Waals surface area contributed by atoms with E-state index in [1.165, 1.54) is 12.1 Å². The molecule has 3 rings (SSSR count). The number of benzene rings is 3. The Morgan fingerprint density at radius 1 is 1.08 bits per heavy atom. The van der Waals surface area contributed by atoms with Gasteiger partial charge in [0.2, 0.25) is 5.75 Å². The summed E-state index contributed by atoms with van der Waals surface area (Å²) in [5.74, 6) is -0.512. The lowest BCUT2D eigenvalue weighted by molar-refractivity contribution is -0.394. The van der Waals surface area contributed by atoms with Gasteiger partial charge in [-0.1, -0.05) is 23.8 Å². The molecule has 0 fully saturated rings. The summed E-state index contributed by atoms with van der Waals surface area (Å²) >= 11 is 0. The molecule has 198 valence electrons. The highest BCUT2D eigenvalue weighted by Crippen LogP contribution is 2.41. The number of nitro benzene ring substituents is 2. The van der Waals surface area contributed by atoms with Gasteiger partial charge in [0.1, 0.15) is 11.6 Å². The maximum atomic E-state index is 12.8. The molecule has 0 spiro atoms. The minimum absolute atomic E-state index is 0.133. The van der Waals surface area contributed by atoms with Crippen LogP contribution in [-0.4, -0.2) is 22.4 Å². The van der Waals surface area contributed by atoms with Gasteiger partial charge in [0, 0.05) is 17.3 Å². The molecule has 11 heteroatoms. The van der Waals surface area contributed by atoms with E-state index in [0.717, 1.165) is 23.8 Å². The number of nitro groups is 2. The zero-order valence-electron chi connectivity index (χ0n) is 21.2. The van der Waals surface area contributed by atoms with Crippen molar-refractivity contribution in [1.82, 2.24) is 0 Å². The van der Waals surface area contributed by atoms with Crippen LogP contribution >= 0.6 is 0 Å². The molecule has 0 saturated carbocycles. The van der Waals surface area contributed by atoms with Crippen molar-refractivity contribution in [3.63, 3.8) is 0 Å². The Morgan fingerprint density at radius 2 is 1.79 bits per heavy atom. The summed E-state index contributed by atoms with van der Waals surface area (Å²) in [5, 5.41) is 35.0. The van der Waals surface area contributed by atoms with Crippen LogP contribution in [0.5, 0.6) is 17.2 Å². The molecule has 0 aliphatic heterocycles. The van der Waals surface area contributed by atoms with Crippen LogP contribution in [0.2, 0.25) is 0 Å². The van der Waals surface area contributed by atoms with Gasteiger partial charge in [-0.15, -0.1) is 6.58 Å². The van der Waals surface area contributed by atoms with Crippen molar-refractivity contribution in [2.24, 2.45) is 0 Å². The van der Waals surface area contributed by atoms with Crippen LogP contribution in [0.3, 0.4) is 0 Å². The van der Waals surface area contributed by atoms with E-state index in [2.05, 4.69) is 11.9 Å². The fraction of sp³-hybridized carbons (Fsp3) is 0.143. The van der Waals surface area contributed by atoms with E-state index >= 15 is 0 Å². The molecule has 0 aromatic heterocycles. The average molecular weight is 529 g/mol. The highest BCUT2D eigenvalue weighted by molar-refractivity contribution is 6.09. The number of allylic oxidation sites excluding steroid dienone is 1. The summed E-state index contributed by atoms with van der Waals surface area (Å²) in [6.07, 6.45) is 3.21. The van der Waals surface area contributed by atoms with Crippen molar-refractivity contribution in [3.8, 4) is 23.3 Å². The number of non-ortho nitro benzene ring substituents is 1. The first kappa shape index (κ1) is 28.1. The van der Waals surface area contributed by atoms with E-state index in [9.17, 15) is 30.3 Å². The molecule has 1 N–H and O–H groups in total. The highest BCUT2D eigenvalue weighted by Gasteiger charge is 2.24. The molecule has 3 aromatic rings. The van der Waals surface area contributed by atoms with Crippen molar-refractivity contribution in [2.45, 2.75) is 20.3 Å². The summed E-state index contributed by atoms with van der Waals surface area (Å²) in [6.45, 7) is 7.58. The van der Waals surface area contributed by atoms with Crippen molar-refractivity contribution < 1.29 is 24.1 Å². The molecule has 0 unspecified atom stereocenters. The summed E-state index contributed by atoms with van der Waals surface area (Å²) in [4.78, 5) is 33.9. The van der Waals surface area contributed by atoms with Crippen molar-refractivity contribution >= 4 is 29.0 Å². The second kappa shape index (κ2) is 12.6. The number of aryl methyl sites for hydroxylation is 1. The smallest absolute Gasteiger partial charge is 0.318 e. The number of nitrogens with one attached hydrogen (secondary N) is 1. The van der Waals surface area contributed by atoms with E-state index in [-0.39, 0.29) is 35.8 Å². The fourth-order valence-electron chi connectivity index (χ4n) is 3.56. The lowest BCUT2D eigenvalue weighted by Gasteiger charge is -2.16. The largest absolute Gasteiger partial charge is 0.490 e. The number of hydrogen-bond donors (Lipinski definition) is 1. The van der Waals surface area contributed by atoms with E-state index in [4.69, 9.17) is 9.47 Å². The molecular formula is C28H24N4O7. The summed E-state index contributed by atoms with van der Waals surface area (Å²) in [5.41, 5.74) is 1.26. The minimum Gasteiger partial charge on any atom is -0.490 e. The van der Waals surface area contributed by atoms with Crippen molar-refractivity contribution in [1.29, 1.82) is 5.26 Å². The Hall–Kier alpha value is -5.50. The second-order valence-corrected chi connectivity index (χ2v) is 8.19. The van der Waals surface area contributed by atoms with Crippen LogP contribution in [0.25, 0.3) is 6.08 Å². The van der Waals surface area contributed by atoms with Crippen LogP contribution in [0.4, 0.5) is 17.1 Å². The number of carbonyl (C=O) groups is 1. The maximum absolute atomic E-state index is 12.8. The van der Waals surface area contributed by atoms with Gasteiger partial charge in [-0.3, -0.25) is 25.0 Å². The zero-order valence-corrected chi connectivity index (χ0v) is 21.2. The Bertz CT molecular complexity index is 1510. The van der Waals surface area contributed by atoms with Gasteiger partial charge in [0.25, 0.3) is 11.6 Å². The number of ether oxygens (including phenoxy) is 2. The number of nitriles is 1. The monoisotopic (exact) mass is 528 g/mol. The summed E-state index contributed by atoms with van der Waals surface area (Å²) < 4.78 is 11.6. The number of anilines is 1. The normalized spacial score (nSPS) is 10.7. The van der Waals surface area contributed by atoms with E-state index in [0.29, 0.717) is 16.8 Å². The van der Waals surface area contributed by atoms with Crippen molar-refractivity contribution in [3.05, 3.63) is 110 Å². The predicted octanol–water partition coefficient (Wildman–Crippen LogP) is 6.28. The van der Waals surface area contributed by atoms with Gasteiger partial charge in [0.15, 0.2) is 11.5 Å². The zero-order chi connectivity index (χ0) is 28.5. The fourth-order valence-corrected chi connectivity index (χ4v) is 3.56. The van der Waals surface area contributed by atoms with Crippen molar-refractivity contribution in [2.75, 3.05) is 11.9 Å². The molecule has 0 aliphatic carbocycles.